The van der Waals surface area contributed by atoms with Gasteiger partial charge in [0.2, 0.25) is 0 Å². The minimum absolute atomic E-state index is 0.338. The van der Waals surface area contributed by atoms with Gasteiger partial charge in [-0.05, 0) is 58.2 Å². The molecule has 0 aromatic rings. The van der Waals surface area contributed by atoms with E-state index in [9.17, 15) is 0 Å². The highest BCUT2D eigenvalue weighted by Gasteiger charge is 2.26. The molecule has 0 saturated carbocycles. The van der Waals surface area contributed by atoms with Gasteiger partial charge in [-0.25, -0.2) is 0 Å². The van der Waals surface area contributed by atoms with Crippen molar-refractivity contribution in [1.82, 2.24) is 10.6 Å². The first kappa shape index (κ1) is 11.4. The zero-order valence-electron chi connectivity index (χ0n) is 9.85. The summed E-state index contributed by atoms with van der Waals surface area (Å²) in [6.07, 6.45) is 5.01. The van der Waals surface area contributed by atoms with E-state index in [-0.39, 0.29) is 0 Å². The average molecular weight is 212 g/mol. The van der Waals surface area contributed by atoms with Crippen LogP contribution in [0.15, 0.2) is 0 Å². The van der Waals surface area contributed by atoms with Crippen LogP contribution in [0.3, 0.4) is 0 Å². The largest absolute Gasteiger partial charge is 0.381 e. The summed E-state index contributed by atoms with van der Waals surface area (Å²) in [5.41, 5.74) is 0.338. The summed E-state index contributed by atoms with van der Waals surface area (Å²) in [4.78, 5) is 0. The topological polar surface area (TPSA) is 33.3 Å². The van der Waals surface area contributed by atoms with Crippen molar-refractivity contribution in [3.8, 4) is 0 Å². The highest BCUT2D eigenvalue weighted by molar-refractivity contribution is 4.85. The molecule has 0 aliphatic carbocycles. The van der Waals surface area contributed by atoms with E-state index in [4.69, 9.17) is 4.74 Å². The molecule has 0 aromatic carbocycles. The molecule has 15 heavy (non-hydrogen) atoms. The SMILES string of the molecule is CC1(NCCC2CCNC2)CCOCC1. The predicted octanol–water partition coefficient (Wildman–Crippen LogP) is 1.14. The lowest BCUT2D eigenvalue weighted by Crippen LogP contribution is -2.47. The van der Waals surface area contributed by atoms with E-state index < -0.39 is 0 Å². The molecule has 2 saturated heterocycles. The molecular formula is C12H24N2O. The van der Waals surface area contributed by atoms with E-state index in [1.807, 2.05) is 0 Å². The van der Waals surface area contributed by atoms with Crippen LogP contribution >= 0.6 is 0 Å². The minimum Gasteiger partial charge on any atom is -0.381 e. The summed E-state index contributed by atoms with van der Waals surface area (Å²) < 4.78 is 5.39. The highest BCUT2D eigenvalue weighted by atomic mass is 16.5. The summed E-state index contributed by atoms with van der Waals surface area (Å²) in [6, 6.07) is 0. The summed E-state index contributed by atoms with van der Waals surface area (Å²) in [5, 5.41) is 7.14. The van der Waals surface area contributed by atoms with Gasteiger partial charge < -0.3 is 15.4 Å². The van der Waals surface area contributed by atoms with Crippen molar-refractivity contribution >= 4 is 0 Å². The van der Waals surface area contributed by atoms with Crippen LogP contribution < -0.4 is 10.6 Å². The maximum absolute atomic E-state index is 5.39. The quantitative estimate of drug-likeness (QED) is 0.733. The normalized spacial score (nSPS) is 30.6. The van der Waals surface area contributed by atoms with Gasteiger partial charge in [0, 0.05) is 18.8 Å². The number of ether oxygens (including phenoxy) is 1. The van der Waals surface area contributed by atoms with E-state index >= 15 is 0 Å². The third-order valence-corrected chi connectivity index (χ3v) is 3.86. The fourth-order valence-corrected chi connectivity index (χ4v) is 2.54. The third-order valence-electron chi connectivity index (χ3n) is 3.86. The number of rotatable bonds is 4. The lowest BCUT2D eigenvalue weighted by atomic mass is 9.92. The molecule has 88 valence electrons. The van der Waals surface area contributed by atoms with Crippen LogP contribution in [0.5, 0.6) is 0 Å². The van der Waals surface area contributed by atoms with E-state index in [0.29, 0.717) is 5.54 Å². The van der Waals surface area contributed by atoms with E-state index in [1.54, 1.807) is 0 Å². The molecule has 2 rings (SSSR count). The number of hydrogen-bond donors (Lipinski definition) is 2. The summed E-state index contributed by atoms with van der Waals surface area (Å²) in [5.74, 6) is 0.904. The van der Waals surface area contributed by atoms with Gasteiger partial charge in [0.25, 0.3) is 0 Å². The first-order valence-electron chi connectivity index (χ1n) is 6.32. The van der Waals surface area contributed by atoms with Crippen LogP contribution in [0, 0.1) is 5.92 Å². The maximum atomic E-state index is 5.39. The van der Waals surface area contributed by atoms with Crippen molar-refractivity contribution in [2.45, 2.75) is 38.1 Å². The Labute approximate surface area is 93.0 Å². The van der Waals surface area contributed by atoms with Crippen LogP contribution in [0.1, 0.15) is 32.6 Å². The molecule has 3 nitrogen and oxygen atoms in total. The first-order valence-corrected chi connectivity index (χ1v) is 6.32. The first-order chi connectivity index (χ1) is 7.29. The molecule has 0 radical (unpaired) electrons. The third kappa shape index (κ3) is 3.44. The van der Waals surface area contributed by atoms with Gasteiger partial charge in [-0.1, -0.05) is 0 Å². The van der Waals surface area contributed by atoms with Gasteiger partial charge in [-0.2, -0.15) is 0 Å². The molecular weight excluding hydrogens is 188 g/mol. The average Bonchev–Trinajstić information content (AvgIpc) is 2.71. The van der Waals surface area contributed by atoms with Crippen molar-refractivity contribution in [1.29, 1.82) is 0 Å². The van der Waals surface area contributed by atoms with Gasteiger partial charge in [-0.3, -0.25) is 0 Å². The molecule has 2 heterocycles. The Morgan fingerprint density at radius 1 is 1.40 bits per heavy atom. The zero-order chi connectivity index (χ0) is 10.6. The minimum atomic E-state index is 0.338. The Kier molecular flexibility index (Phi) is 4.00. The highest BCUT2D eigenvalue weighted by Crippen LogP contribution is 2.20. The molecule has 0 bridgehead atoms. The van der Waals surface area contributed by atoms with Gasteiger partial charge in [-0.15, -0.1) is 0 Å². The van der Waals surface area contributed by atoms with Crippen LogP contribution in [-0.2, 0) is 4.74 Å². The summed E-state index contributed by atoms with van der Waals surface area (Å²) in [6.45, 7) is 7.80. The van der Waals surface area contributed by atoms with Crippen molar-refractivity contribution in [2.75, 3.05) is 32.8 Å². The molecule has 0 spiro atoms. The van der Waals surface area contributed by atoms with E-state index in [2.05, 4.69) is 17.6 Å². The fraction of sp³-hybridized carbons (Fsp3) is 1.00. The van der Waals surface area contributed by atoms with Crippen LogP contribution in [-0.4, -0.2) is 38.4 Å². The van der Waals surface area contributed by atoms with Crippen LogP contribution in [0.4, 0.5) is 0 Å². The number of nitrogens with one attached hydrogen (secondary N) is 2. The van der Waals surface area contributed by atoms with Gasteiger partial charge >= 0.3 is 0 Å². The Hall–Kier alpha value is -0.120. The Balaban J connectivity index is 1.63. The van der Waals surface area contributed by atoms with Crippen molar-refractivity contribution < 1.29 is 4.74 Å². The lowest BCUT2D eigenvalue weighted by Gasteiger charge is -2.35. The molecule has 2 aliphatic heterocycles. The standard InChI is InChI=1S/C12H24N2O/c1-12(4-8-15-9-5-12)14-7-3-11-2-6-13-10-11/h11,13-14H,2-10H2,1H3. The molecule has 0 aromatic heterocycles. The Bertz CT molecular complexity index is 184. The van der Waals surface area contributed by atoms with Crippen molar-refractivity contribution in [3.05, 3.63) is 0 Å². The number of hydrogen-bond acceptors (Lipinski definition) is 3. The second kappa shape index (κ2) is 5.28. The second-order valence-corrected chi connectivity index (χ2v) is 5.25. The monoisotopic (exact) mass is 212 g/mol. The van der Waals surface area contributed by atoms with Crippen molar-refractivity contribution in [2.24, 2.45) is 5.92 Å². The maximum Gasteiger partial charge on any atom is 0.0483 e. The van der Waals surface area contributed by atoms with Crippen LogP contribution in [0.25, 0.3) is 0 Å². The Morgan fingerprint density at radius 2 is 2.20 bits per heavy atom. The predicted molar refractivity (Wildman–Crippen MR) is 62.1 cm³/mol. The molecule has 1 atom stereocenters. The van der Waals surface area contributed by atoms with E-state index in [0.717, 1.165) is 32.0 Å². The van der Waals surface area contributed by atoms with Gasteiger partial charge in [0.15, 0.2) is 0 Å². The Morgan fingerprint density at radius 3 is 2.87 bits per heavy atom. The van der Waals surface area contributed by atoms with Crippen molar-refractivity contribution in [3.63, 3.8) is 0 Å². The molecule has 3 heteroatoms. The lowest BCUT2D eigenvalue weighted by molar-refractivity contribution is 0.0449. The van der Waals surface area contributed by atoms with E-state index in [1.165, 1.54) is 32.5 Å². The molecule has 2 N–H and O–H groups in total. The summed E-state index contributed by atoms with van der Waals surface area (Å²) >= 11 is 0. The smallest absolute Gasteiger partial charge is 0.0483 e. The molecule has 0 amide bonds. The molecule has 2 fully saturated rings. The summed E-state index contributed by atoms with van der Waals surface area (Å²) in [7, 11) is 0. The van der Waals surface area contributed by atoms with Gasteiger partial charge in [0.1, 0.15) is 0 Å². The second-order valence-electron chi connectivity index (χ2n) is 5.25. The fourth-order valence-electron chi connectivity index (χ4n) is 2.54. The molecule has 1 unspecified atom stereocenters. The zero-order valence-corrected chi connectivity index (χ0v) is 9.85. The van der Waals surface area contributed by atoms with Crippen LogP contribution in [0.2, 0.25) is 0 Å². The molecule has 2 aliphatic rings. The van der Waals surface area contributed by atoms with Gasteiger partial charge in [0.05, 0.1) is 0 Å².